The average molecular weight is 194 g/mol. The molecule has 0 aliphatic carbocycles. The first-order valence-corrected chi connectivity index (χ1v) is 5.60. The molecule has 0 bridgehead atoms. The van der Waals surface area contributed by atoms with Gasteiger partial charge < -0.3 is 0 Å². The SMILES string of the molecule is CCC(=CC(=O)C=C(CC)CC)CC. The van der Waals surface area contributed by atoms with Crippen LogP contribution in [0.5, 0.6) is 0 Å². The molecule has 0 N–H and O–H groups in total. The predicted molar refractivity (Wildman–Crippen MR) is 62.3 cm³/mol. The Morgan fingerprint density at radius 2 is 1.07 bits per heavy atom. The average Bonchev–Trinajstić information content (AvgIpc) is 2.22. The molecule has 0 amide bonds. The number of carbonyl (C=O) groups excluding carboxylic acids is 1. The lowest BCUT2D eigenvalue weighted by atomic mass is 10.1. The second kappa shape index (κ2) is 7.54. The molecule has 0 aliphatic rings. The highest BCUT2D eigenvalue weighted by Gasteiger charge is 1.98. The Morgan fingerprint density at radius 3 is 1.29 bits per heavy atom. The van der Waals surface area contributed by atoms with Gasteiger partial charge in [0.25, 0.3) is 0 Å². The summed E-state index contributed by atoms with van der Waals surface area (Å²) in [6.45, 7) is 8.36. The Bertz CT molecular complexity index is 198. The van der Waals surface area contributed by atoms with Crippen LogP contribution in [-0.4, -0.2) is 5.78 Å². The van der Waals surface area contributed by atoms with Crippen LogP contribution in [-0.2, 0) is 4.79 Å². The Balaban J connectivity index is 4.48. The molecule has 0 unspecified atom stereocenters. The van der Waals surface area contributed by atoms with Crippen molar-refractivity contribution in [1.82, 2.24) is 0 Å². The topological polar surface area (TPSA) is 17.1 Å². The van der Waals surface area contributed by atoms with Crippen LogP contribution in [0.15, 0.2) is 23.3 Å². The third-order valence-corrected chi connectivity index (χ3v) is 2.51. The van der Waals surface area contributed by atoms with Gasteiger partial charge in [-0.1, -0.05) is 38.8 Å². The Labute approximate surface area is 87.9 Å². The summed E-state index contributed by atoms with van der Waals surface area (Å²) in [6, 6.07) is 0. The van der Waals surface area contributed by atoms with Crippen molar-refractivity contribution in [3.63, 3.8) is 0 Å². The maximum absolute atomic E-state index is 11.5. The molecule has 0 aromatic rings. The molecule has 80 valence electrons. The third-order valence-electron chi connectivity index (χ3n) is 2.51. The van der Waals surface area contributed by atoms with Gasteiger partial charge in [0.15, 0.2) is 5.78 Å². The van der Waals surface area contributed by atoms with Crippen LogP contribution in [0, 0.1) is 0 Å². The first-order chi connectivity index (χ1) is 6.67. The van der Waals surface area contributed by atoms with Gasteiger partial charge in [-0.3, -0.25) is 4.79 Å². The minimum Gasteiger partial charge on any atom is -0.290 e. The summed E-state index contributed by atoms with van der Waals surface area (Å²) in [7, 11) is 0. The summed E-state index contributed by atoms with van der Waals surface area (Å²) >= 11 is 0. The molecule has 0 aliphatic heterocycles. The van der Waals surface area contributed by atoms with Crippen LogP contribution >= 0.6 is 0 Å². The minimum absolute atomic E-state index is 0.155. The fraction of sp³-hybridized carbons (Fsp3) is 0.615. The fourth-order valence-corrected chi connectivity index (χ4v) is 1.35. The zero-order chi connectivity index (χ0) is 11.0. The van der Waals surface area contributed by atoms with Gasteiger partial charge in [0.2, 0.25) is 0 Å². The lowest BCUT2D eigenvalue weighted by Gasteiger charge is -1.99. The van der Waals surface area contributed by atoms with Gasteiger partial charge in [-0.05, 0) is 37.8 Å². The molecule has 0 rings (SSSR count). The maximum atomic E-state index is 11.5. The van der Waals surface area contributed by atoms with E-state index >= 15 is 0 Å². The van der Waals surface area contributed by atoms with E-state index < -0.39 is 0 Å². The van der Waals surface area contributed by atoms with Gasteiger partial charge in [-0.25, -0.2) is 0 Å². The molecule has 1 heteroatoms. The summed E-state index contributed by atoms with van der Waals surface area (Å²) in [5.74, 6) is 0.155. The van der Waals surface area contributed by atoms with Crippen molar-refractivity contribution in [3.05, 3.63) is 23.3 Å². The quantitative estimate of drug-likeness (QED) is 0.583. The summed E-state index contributed by atoms with van der Waals surface area (Å²) in [6.07, 6.45) is 7.47. The first-order valence-electron chi connectivity index (χ1n) is 5.60. The lowest BCUT2D eigenvalue weighted by molar-refractivity contribution is -0.110. The smallest absolute Gasteiger partial charge is 0.178 e. The van der Waals surface area contributed by atoms with E-state index in [2.05, 4.69) is 27.7 Å². The molecule has 0 fully saturated rings. The van der Waals surface area contributed by atoms with Crippen LogP contribution in [0.2, 0.25) is 0 Å². The molecule has 0 aromatic heterocycles. The summed E-state index contributed by atoms with van der Waals surface area (Å²) in [5, 5.41) is 0. The second-order valence-corrected chi connectivity index (χ2v) is 3.42. The van der Waals surface area contributed by atoms with E-state index in [0.29, 0.717) is 0 Å². The van der Waals surface area contributed by atoms with Crippen LogP contribution in [0.4, 0.5) is 0 Å². The Morgan fingerprint density at radius 1 is 0.786 bits per heavy atom. The normalized spacial score (nSPS) is 9.43. The molecule has 0 radical (unpaired) electrons. The third kappa shape index (κ3) is 5.00. The second-order valence-electron chi connectivity index (χ2n) is 3.42. The van der Waals surface area contributed by atoms with Gasteiger partial charge in [0.1, 0.15) is 0 Å². The van der Waals surface area contributed by atoms with Crippen LogP contribution < -0.4 is 0 Å². The minimum atomic E-state index is 0.155. The highest BCUT2D eigenvalue weighted by molar-refractivity contribution is 6.00. The molecular formula is C13H22O. The van der Waals surface area contributed by atoms with E-state index in [0.717, 1.165) is 25.7 Å². The summed E-state index contributed by atoms with van der Waals surface area (Å²) < 4.78 is 0. The molecule has 0 heterocycles. The van der Waals surface area contributed by atoms with E-state index in [1.165, 1.54) is 11.1 Å². The van der Waals surface area contributed by atoms with Crippen molar-refractivity contribution in [1.29, 1.82) is 0 Å². The van der Waals surface area contributed by atoms with E-state index in [-0.39, 0.29) is 5.78 Å². The van der Waals surface area contributed by atoms with Crippen LogP contribution in [0.25, 0.3) is 0 Å². The molecular weight excluding hydrogens is 172 g/mol. The standard InChI is InChI=1S/C13H22O/c1-5-11(6-2)9-13(14)10-12(7-3)8-4/h9-10H,5-8H2,1-4H3. The zero-order valence-electron chi connectivity index (χ0n) is 9.89. The van der Waals surface area contributed by atoms with Crippen molar-refractivity contribution in [2.24, 2.45) is 0 Å². The molecule has 14 heavy (non-hydrogen) atoms. The highest BCUT2D eigenvalue weighted by Crippen LogP contribution is 2.09. The Hall–Kier alpha value is -0.850. The first kappa shape index (κ1) is 13.2. The van der Waals surface area contributed by atoms with Crippen LogP contribution in [0.3, 0.4) is 0 Å². The van der Waals surface area contributed by atoms with E-state index in [1.54, 1.807) is 12.2 Å². The highest BCUT2D eigenvalue weighted by atomic mass is 16.1. The number of ketones is 1. The Kier molecular flexibility index (Phi) is 7.09. The van der Waals surface area contributed by atoms with Gasteiger partial charge in [-0.15, -0.1) is 0 Å². The van der Waals surface area contributed by atoms with Crippen molar-refractivity contribution in [3.8, 4) is 0 Å². The summed E-state index contributed by atoms with van der Waals surface area (Å²) in [5.41, 5.74) is 2.47. The molecule has 0 spiro atoms. The summed E-state index contributed by atoms with van der Waals surface area (Å²) in [4.78, 5) is 11.5. The number of allylic oxidation sites excluding steroid dienone is 4. The van der Waals surface area contributed by atoms with Gasteiger partial charge in [0.05, 0.1) is 0 Å². The van der Waals surface area contributed by atoms with Gasteiger partial charge in [0, 0.05) is 0 Å². The lowest BCUT2D eigenvalue weighted by Crippen LogP contribution is -1.92. The number of hydrogen-bond acceptors (Lipinski definition) is 1. The van der Waals surface area contributed by atoms with Crippen molar-refractivity contribution in [2.75, 3.05) is 0 Å². The molecule has 1 nitrogen and oxygen atoms in total. The number of carbonyl (C=O) groups is 1. The molecule has 0 saturated heterocycles. The van der Waals surface area contributed by atoms with E-state index in [4.69, 9.17) is 0 Å². The number of rotatable bonds is 6. The van der Waals surface area contributed by atoms with Crippen molar-refractivity contribution >= 4 is 5.78 Å². The maximum Gasteiger partial charge on any atom is 0.178 e. The molecule has 0 atom stereocenters. The fourth-order valence-electron chi connectivity index (χ4n) is 1.35. The van der Waals surface area contributed by atoms with E-state index in [9.17, 15) is 4.79 Å². The van der Waals surface area contributed by atoms with Gasteiger partial charge >= 0.3 is 0 Å². The van der Waals surface area contributed by atoms with Crippen molar-refractivity contribution < 1.29 is 4.79 Å². The van der Waals surface area contributed by atoms with Gasteiger partial charge in [-0.2, -0.15) is 0 Å². The monoisotopic (exact) mass is 194 g/mol. The molecule has 0 saturated carbocycles. The zero-order valence-corrected chi connectivity index (χ0v) is 9.89. The molecule has 0 aromatic carbocycles. The largest absolute Gasteiger partial charge is 0.290 e. The van der Waals surface area contributed by atoms with Crippen LogP contribution in [0.1, 0.15) is 53.4 Å². The van der Waals surface area contributed by atoms with E-state index in [1.807, 2.05) is 0 Å². The predicted octanol–water partition coefficient (Wildman–Crippen LogP) is 4.05. The number of hydrogen-bond donors (Lipinski definition) is 0. The van der Waals surface area contributed by atoms with Crippen molar-refractivity contribution in [2.45, 2.75) is 53.4 Å².